The fraction of sp³-hybridized carbons (Fsp3) is 0.778. The van der Waals surface area contributed by atoms with Crippen LogP contribution in [0.1, 0.15) is 12.8 Å². The van der Waals surface area contributed by atoms with Crippen LogP contribution in [0.4, 0.5) is 0 Å². The molecule has 1 heterocycles. The lowest BCUT2D eigenvalue weighted by atomic mass is 10.3. The molecule has 1 rings (SSSR count). The standard InChI is InChI=1S/C9H16N2O3/c1-14-9(13)3-6-11-5-2-8(12)10-4-7-11/h2-7H2,1H3,(H,10,12). The molecule has 0 spiro atoms. The topological polar surface area (TPSA) is 58.6 Å². The van der Waals surface area contributed by atoms with Crippen LogP contribution in [0.25, 0.3) is 0 Å². The van der Waals surface area contributed by atoms with Crippen LogP contribution in [0.2, 0.25) is 0 Å². The summed E-state index contributed by atoms with van der Waals surface area (Å²) in [6.45, 7) is 2.87. The number of amides is 1. The van der Waals surface area contributed by atoms with E-state index in [4.69, 9.17) is 0 Å². The summed E-state index contributed by atoms with van der Waals surface area (Å²) < 4.78 is 4.55. The van der Waals surface area contributed by atoms with E-state index in [2.05, 4.69) is 15.0 Å². The molecule has 1 aliphatic rings. The van der Waals surface area contributed by atoms with Gasteiger partial charge in [-0.15, -0.1) is 0 Å². The van der Waals surface area contributed by atoms with Crippen LogP contribution in [0.15, 0.2) is 0 Å². The van der Waals surface area contributed by atoms with Gasteiger partial charge in [-0.3, -0.25) is 9.59 Å². The van der Waals surface area contributed by atoms with Gasteiger partial charge >= 0.3 is 5.97 Å². The second kappa shape index (κ2) is 5.59. The fourth-order valence-corrected chi connectivity index (χ4v) is 1.39. The third kappa shape index (κ3) is 3.74. The smallest absolute Gasteiger partial charge is 0.306 e. The monoisotopic (exact) mass is 200 g/mol. The highest BCUT2D eigenvalue weighted by Gasteiger charge is 2.13. The van der Waals surface area contributed by atoms with Gasteiger partial charge in [0.25, 0.3) is 0 Å². The average Bonchev–Trinajstić information content (AvgIpc) is 2.39. The van der Waals surface area contributed by atoms with Crippen LogP contribution in [-0.2, 0) is 14.3 Å². The molecule has 0 bridgehead atoms. The maximum Gasteiger partial charge on any atom is 0.306 e. The molecule has 0 radical (unpaired) electrons. The zero-order valence-electron chi connectivity index (χ0n) is 8.41. The van der Waals surface area contributed by atoms with Gasteiger partial charge in [0.05, 0.1) is 13.5 Å². The molecular weight excluding hydrogens is 184 g/mol. The van der Waals surface area contributed by atoms with Gasteiger partial charge in [0.15, 0.2) is 0 Å². The third-order valence-electron chi connectivity index (χ3n) is 2.27. The summed E-state index contributed by atoms with van der Waals surface area (Å²) >= 11 is 0. The third-order valence-corrected chi connectivity index (χ3v) is 2.27. The fourth-order valence-electron chi connectivity index (χ4n) is 1.39. The van der Waals surface area contributed by atoms with E-state index < -0.39 is 0 Å². The minimum atomic E-state index is -0.200. The number of hydrogen-bond donors (Lipinski definition) is 1. The zero-order valence-corrected chi connectivity index (χ0v) is 8.41. The van der Waals surface area contributed by atoms with Crippen LogP contribution in [0, 0.1) is 0 Å². The van der Waals surface area contributed by atoms with E-state index in [1.807, 2.05) is 0 Å². The van der Waals surface area contributed by atoms with Crippen LogP contribution in [0.3, 0.4) is 0 Å². The van der Waals surface area contributed by atoms with Gasteiger partial charge in [-0.05, 0) is 0 Å². The van der Waals surface area contributed by atoms with Crippen molar-refractivity contribution in [3.05, 3.63) is 0 Å². The van der Waals surface area contributed by atoms with Gasteiger partial charge < -0.3 is 15.0 Å². The molecule has 1 aliphatic heterocycles. The SMILES string of the molecule is COC(=O)CCN1CCNC(=O)CC1. The van der Waals surface area contributed by atoms with E-state index in [0.29, 0.717) is 25.9 Å². The molecule has 1 amide bonds. The molecule has 1 fully saturated rings. The molecular formula is C9H16N2O3. The van der Waals surface area contributed by atoms with E-state index in [1.165, 1.54) is 7.11 Å². The first kappa shape index (κ1) is 11.0. The van der Waals surface area contributed by atoms with Gasteiger partial charge in [0.1, 0.15) is 0 Å². The summed E-state index contributed by atoms with van der Waals surface area (Å²) in [5.41, 5.74) is 0. The summed E-state index contributed by atoms with van der Waals surface area (Å²) in [7, 11) is 1.38. The van der Waals surface area contributed by atoms with Crippen LogP contribution in [0.5, 0.6) is 0 Å². The van der Waals surface area contributed by atoms with Gasteiger partial charge in [-0.2, -0.15) is 0 Å². The lowest BCUT2D eigenvalue weighted by Crippen LogP contribution is -2.30. The Morgan fingerprint density at radius 1 is 1.57 bits per heavy atom. The molecule has 0 aromatic rings. The Balaban J connectivity index is 2.23. The Bertz CT molecular complexity index is 218. The minimum absolute atomic E-state index is 0.0885. The van der Waals surface area contributed by atoms with E-state index in [-0.39, 0.29) is 11.9 Å². The molecule has 0 unspecified atom stereocenters. The Morgan fingerprint density at radius 2 is 2.36 bits per heavy atom. The Labute approximate surface area is 83.4 Å². The van der Waals surface area contributed by atoms with Crippen molar-refractivity contribution in [2.75, 3.05) is 33.3 Å². The van der Waals surface area contributed by atoms with Crippen molar-refractivity contribution in [1.29, 1.82) is 0 Å². The number of esters is 1. The largest absolute Gasteiger partial charge is 0.469 e. The Morgan fingerprint density at radius 3 is 3.07 bits per heavy atom. The van der Waals surface area contributed by atoms with E-state index >= 15 is 0 Å². The van der Waals surface area contributed by atoms with E-state index in [9.17, 15) is 9.59 Å². The minimum Gasteiger partial charge on any atom is -0.469 e. The van der Waals surface area contributed by atoms with Crippen molar-refractivity contribution < 1.29 is 14.3 Å². The highest BCUT2D eigenvalue weighted by Crippen LogP contribution is 1.98. The molecule has 0 atom stereocenters. The lowest BCUT2D eigenvalue weighted by molar-refractivity contribution is -0.140. The van der Waals surface area contributed by atoms with Crippen molar-refractivity contribution in [1.82, 2.24) is 10.2 Å². The van der Waals surface area contributed by atoms with Crippen molar-refractivity contribution in [2.45, 2.75) is 12.8 Å². The molecule has 0 aliphatic carbocycles. The number of ether oxygens (including phenoxy) is 1. The highest BCUT2D eigenvalue weighted by atomic mass is 16.5. The summed E-state index contributed by atoms with van der Waals surface area (Å²) in [5.74, 6) is -0.112. The number of carbonyl (C=O) groups is 2. The van der Waals surface area contributed by atoms with E-state index in [1.54, 1.807) is 0 Å². The molecule has 80 valence electrons. The second-order valence-corrected chi connectivity index (χ2v) is 3.27. The van der Waals surface area contributed by atoms with Gasteiger partial charge in [0, 0.05) is 32.6 Å². The Hall–Kier alpha value is -1.10. The first-order chi connectivity index (χ1) is 6.72. The van der Waals surface area contributed by atoms with Crippen molar-refractivity contribution >= 4 is 11.9 Å². The summed E-state index contributed by atoms with van der Waals surface area (Å²) in [6, 6.07) is 0. The predicted molar refractivity (Wildman–Crippen MR) is 50.7 cm³/mol. The first-order valence-corrected chi connectivity index (χ1v) is 4.78. The predicted octanol–water partition coefficient (Wildman–Crippen LogP) is -0.629. The number of nitrogens with one attached hydrogen (secondary N) is 1. The van der Waals surface area contributed by atoms with Crippen molar-refractivity contribution in [2.24, 2.45) is 0 Å². The molecule has 1 N–H and O–H groups in total. The van der Waals surface area contributed by atoms with Gasteiger partial charge in [0.2, 0.25) is 5.91 Å². The van der Waals surface area contributed by atoms with Crippen LogP contribution >= 0.6 is 0 Å². The maximum atomic E-state index is 11.0. The number of hydrogen-bond acceptors (Lipinski definition) is 4. The highest BCUT2D eigenvalue weighted by molar-refractivity contribution is 5.76. The molecule has 5 heteroatoms. The summed E-state index contributed by atoms with van der Waals surface area (Å²) in [5, 5.41) is 2.78. The quantitative estimate of drug-likeness (QED) is 0.616. The normalized spacial score (nSPS) is 18.5. The summed E-state index contributed by atoms with van der Waals surface area (Å²) in [6.07, 6.45) is 0.909. The molecule has 0 aromatic heterocycles. The van der Waals surface area contributed by atoms with Crippen molar-refractivity contribution in [3.8, 4) is 0 Å². The Kier molecular flexibility index (Phi) is 4.39. The molecule has 14 heavy (non-hydrogen) atoms. The number of carbonyl (C=O) groups excluding carboxylic acids is 2. The molecule has 0 aromatic carbocycles. The summed E-state index contributed by atoms with van der Waals surface area (Å²) in [4.78, 5) is 24.0. The van der Waals surface area contributed by atoms with Gasteiger partial charge in [-0.25, -0.2) is 0 Å². The van der Waals surface area contributed by atoms with Crippen molar-refractivity contribution in [3.63, 3.8) is 0 Å². The lowest BCUT2D eigenvalue weighted by Gasteiger charge is -2.17. The molecule has 5 nitrogen and oxygen atoms in total. The van der Waals surface area contributed by atoms with Crippen LogP contribution in [-0.4, -0.2) is 50.1 Å². The number of methoxy groups -OCH3 is 1. The maximum absolute atomic E-state index is 11.0. The number of rotatable bonds is 3. The zero-order chi connectivity index (χ0) is 10.4. The molecule has 0 saturated carbocycles. The first-order valence-electron chi connectivity index (χ1n) is 4.78. The second-order valence-electron chi connectivity index (χ2n) is 3.27. The van der Waals surface area contributed by atoms with E-state index in [0.717, 1.165) is 13.1 Å². The van der Waals surface area contributed by atoms with Crippen LogP contribution < -0.4 is 5.32 Å². The number of nitrogens with zero attached hydrogens (tertiary/aromatic N) is 1. The van der Waals surface area contributed by atoms with Gasteiger partial charge in [-0.1, -0.05) is 0 Å². The average molecular weight is 200 g/mol. The molecule has 1 saturated heterocycles.